The van der Waals surface area contributed by atoms with Crippen LogP contribution in [-0.4, -0.2) is 21.5 Å². The number of hydrogen-bond acceptors (Lipinski definition) is 6. The zero-order chi connectivity index (χ0) is 17.8. The highest BCUT2D eigenvalue weighted by Gasteiger charge is 2.16. The van der Waals surface area contributed by atoms with Crippen molar-refractivity contribution in [1.29, 1.82) is 0 Å². The molecule has 0 unspecified atom stereocenters. The Morgan fingerprint density at radius 3 is 2.68 bits per heavy atom. The molecule has 2 aromatic heterocycles. The summed E-state index contributed by atoms with van der Waals surface area (Å²) in [6.07, 6.45) is 3.05. The van der Waals surface area contributed by atoms with Crippen LogP contribution in [0.3, 0.4) is 0 Å². The first-order valence-corrected chi connectivity index (χ1v) is 8.29. The molecule has 0 aliphatic rings. The number of nitrogens with zero attached hydrogens (tertiary/aromatic N) is 4. The van der Waals surface area contributed by atoms with Crippen molar-refractivity contribution in [3.05, 3.63) is 59.5 Å². The van der Waals surface area contributed by atoms with Crippen LogP contribution in [0.15, 0.2) is 48.9 Å². The summed E-state index contributed by atoms with van der Waals surface area (Å²) in [7, 11) is 0. The van der Waals surface area contributed by atoms with Gasteiger partial charge in [0.15, 0.2) is 11.6 Å². The summed E-state index contributed by atoms with van der Waals surface area (Å²) in [5.41, 5.74) is 9.00. The summed E-state index contributed by atoms with van der Waals surface area (Å²) in [5.74, 6) is 1.77. The molecule has 3 aromatic rings. The fourth-order valence-corrected chi connectivity index (χ4v) is 2.63. The number of nitrogen functional groups attached to an aromatic ring is 1. The van der Waals surface area contributed by atoms with E-state index in [1.807, 2.05) is 17.0 Å². The third kappa shape index (κ3) is 3.80. The summed E-state index contributed by atoms with van der Waals surface area (Å²) in [4.78, 5) is 14.9. The number of halogens is 1. The molecule has 0 fully saturated rings. The highest BCUT2D eigenvalue weighted by Crippen LogP contribution is 2.32. The third-order valence-electron chi connectivity index (χ3n) is 3.72. The molecular weight excluding hydrogens is 336 g/mol. The number of aromatic nitrogens is 3. The summed E-state index contributed by atoms with van der Waals surface area (Å²) in [6.45, 7) is 4.83. The number of anilines is 5. The van der Waals surface area contributed by atoms with Gasteiger partial charge in [-0.15, -0.1) is 0 Å². The minimum atomic E-state index is 0.461. The quantitative estimate of drug-likeness (QED) is 0.710. The zero-order valence-electron chi connectivity index (χ0n) is 14.1. The van der Waals surface area contributed by atoms with Crippen molar-refractivity contribution in [2.75, 3.05) is 22.5 Å². The summed E-state index contributed by atoms with van der Waals surface area (Å²) >= 11 is 5.86. The molecule has 0 saturated heterocycles. The maximum atomic E-state index is 6.33. The van der Waals surface area contributed by atoms with Crippen molar-refractivity contribution in [3.63, 3.8) is 0 Å². The third-order valence-corrected chi connectivity index (χ3v) is 3.95. The van der Waals surface area contributed by atoms with Gasteiger partial charge in [-0.1, -0.05) is 23.7 Å². The molecule has 128 valence electrons. The fraction of sp³-hybridized carbons (Fsp3) is 0.167. The molecule has 0 radical (unpaired) electrons. The Hall–Kier alpha value is -2.86. The average molecular weight is 355 g/mol. The van der Waals surface area contributed by atoms with Crippen molar-refractivity contribution < 1.29 is 0 Å². The van der Waals surface area contributed by atoms with Crippen LogP contribution in [-0.2, 0) is 0 Å². The molecule has 25 heavy (non-hydrogen) atoms. The number of rotatable bonds is 5. The predicted molar refractivity (Wildman–Crippen MR) is 103 cm³/mol. The molecule has 0 spiro atoms. The van der Waals surface area contributed by atoms with Crippen LogP contribution < -0.4 is 16.0 Å². The van der Waals surface area contributed by atoms with E-state index in [9.17, 15) is 0 Å². The molecule has 0 saturated carbocycles. The number of nitrogens with one attached hydrogen (secondary N) is 1. The Bertz CT molecular complexity index is 866. The van der Waals surface area contributed by atoms with Crippen LogP contribution in [0.5, 0.6) is 0 Å². The molecule has 1 aromatic carbocycles. The van der Waals surface area contributed by atoms with E-state index in [2.05, 4.69) is 46.2 Å². The number of benzene rings is 1. The van der Waals surface area contributed by atoms with Crippen LogP contribution in [0.1, 0.15) is 12.5 Å². The van der Waals surface area contributed by atoms with E-state index in [1.54, 1.807) is 18.3 Å². The summed E-state index contributed by atoms with van der Waals surface area (Å²) in [5, 5.41) is 3.68. The number of pyridine rings is 1. The lowest BCUT2D eigenvalue weighted by atomic mass is 10.2. The first-order chi connectivity index (χ1) is 12.1. The van der Waals surface area contributed by atoms with E-state index in [1.165, 1.54) is 11.9 Å². The topological polar surface area (TPSA) is 80.0 Å². The van der Waals surface area contributed by atoms with Crippen molar-refractivity contribution in [1.82, 2.24) is 15.0 Å². The standard InChI is InChI=1S/C18H19ClN6/c1-3-25(14-6-4-5-12(2)9-14)18-16(20)17(22-11-23-18)24-15-8-7-13(19)10-21-15/h4-11H,3,20H2,1-2H3,(H,21,22,23,24). The molecule has 7 heteroatoms. The maximum absolute atomic E-state index is 6.33. The molecule has 2 heterocycles. The van der Waals surface area contributed by atoms with Crippen molar-refractivity contribution in [2.45, 2.75) is 13.8 Å². The fourth-order valence-electron chi connectivity index (χ4n) is 2.52. The van der Waals surface area contributed by atoms with Crippen LogP contribution in [0.4, 0.5) is 28.8 Å². The van der Waals surface area contributed by atoms with Crippen LogP contribution in [0.25, 0.3) is 0 Å². The van der Waals surface area contributed by atoms with E-state index in [0.29, 0.717) is 28.2 Å². The molecule has 3 rings (SSSR count). The van der Waals surface area contributed by atoms with Gasteiger partial charge in [-0.05, 0) is 43.7 Å². The van der Waals surface area contributed by atoms with E-state index in [4.69, 9.17) is 17.3 Å². The Kier molecular flexibility index (Phi) is 5.00. The Labute approximate surface area is 151 Å². The molecule has 3 N–H and O–H groups in total. The normalized spacial score (nSPS) is 10.5. The molecule has 0 bridgehead atoms. The SMILES string of the molecule is CCN(c1cccc(C)c1)c1ncnc(Nc2ccc(Cl)cn2)c1N. The zero-order valence-corrected chi connectivity index (χ0v) is 14.8. The predicted octanol–water partition coefficient (Wildman–Crippen LogP) is 4.32. The molecule has 0 atom stereocenters. The van der Waals surface area contributed by atoms with E-state index < -0.39 is 0 Å². The highest BCUT2D eigenvalue weighted by atomic mass is 35.5. The largest absolute Gasteiger partial charge is 0.393 e. The van der Waals surface area contributed by atoms with Crippen molar-refractivity contribution >= 4 is 40.4 Å². The van der Waals surface area contributed by atoms with Gasteiger partial charge in [0.05, 0.1) is 5.02 Å². The minimum absolute atomic E-state index is 0.461. The van der Waals surface area contributed by atoms with Crippen LogP contribution in [0.2, 0.25) is 5.02 Å². The van der Waals surface area contributed by atoms with Gasteiger partial charge in [-0.2, -0.15) is 0 Å². The second-order valence-electron chi connectivity index (χ2n) is 5.53. The van der Waals surface area contributed by atoms with Crippen molar-refractivity contribution in [3.8, 4) is 0 Å². The van der Waals surface area contributed by atoms with Gasteiger partial charge >= 0.3 is 0 Å². The Balaban J connectivity index is 1.95. The number of nitrogens with two attached hydrogens (primary N) is 1. The molecule has 0 aliphatic carbocycles. The van der Waals surface area contributed by atoms with Gasteiger partial charge in [0.2, 0.25) is 0 Å². The lowest BCUT2D eigenvalue weighted by Gasteiger charge is -2.24. The molecule has 6 nitrogen and oxygen atoms in total. The highest BCUT2D eigenvalue weighted by molar-refractivity contribution is 6.30. The second kappa shape index (κ2) is 7.36. The first kappa shape index (κ1) is 17.0. The Morgan fingerprint density at radius 1 is 1.16 bits per heavy atom. The summed E-state index contributed by atoms with van der Waals surface area (Å²) in [6, 6.07) is 11.7. The van der Waals surface area contributed by atoms with E-state index in [-0.39, 0.29) is 0 Å². The smallest absolute Gasteiger partial charge is 0.161 e. The van der Waals surface area contributed by atoms with Gasteiger partial charge in [-0.3, -0.25) is 0 Å². The maximum Gasteiger partial charge on any atom is 0.161 e. The average Bonchev–Trinajstić information content (AvgIpc) is 2.61. The van der Waals surface area contributed by atoms with Crippen LogP contribution >= 0.6 is 11.6 Å². The lowest BCUT2D eigenvalue weighted by Crippen LogP contribution is -2.20. The monoisotopic (exact) mass is 354 g/mol. The molecule has 0 amide bonds. The van der Waals surface area contributed by atoms with Gasteiger partial charge < -0.3 is 16.0 Å². The summed E-state index contributed by atoms with van der Waals surface area (Å²) < 4.78 is 0. The van der Waals surface area contributed by atoms with Gasteiger partial charge in [0.1, 0.15) is 17.8 Å². The van der Waals surface area contributed by atoms with Gasteiger partial charge in [0.25, 0.3) is 0 Å². The van der Waals surface area contributed by atoms with E-state index >= 15 is 0 Å². The molecular formula is C18H19ClN6. The van der Waals surface area contributed by atoms with Crippen molar-refractivity contribution in [2.24, 2.45) is 0 Å². The first-order valence-electron chi connectivity index (χ1n) is 7.91. The van der Waals surface area contributed by atoms with Crippen LogP contribution in [0, 0.1) is 6.92 Å². The number of aryl methyl sites for hydroxylation is 1. The minimum Gasteiger partial charge on any atom is -0.393 e. The van der Waals surface area contributed by atoms with Gasteiger partial charge in [0, 0.05) is 18.4 Å². The van der Waals surface area contributed by atoms with Gasteiger partial charge in [-0.25, -0.2) is 15.0 Å². The second-order valence-corrected chi connectivity index (χ2v) is 5.97. The molecule has 0 aliphatic heterocycles. The van der Waals surface area contributed by atoms with E-state index in [0.717, 1.165) is 12.2 Å². The number of hydrogen-bond donors (Lipinski definition) is 2. The lowest BCUT2D eigenvalue weighted by molar-refractivity contribution is 0.979. The Morgan fingerprint density at radius 2 is 2.00 bits per heavy atom.